The van der Waals surface area contributed by atoms with Gasteiger partial charge in [-0.15, -0.1) is 0 Å². The van der Waals surface area contributed by atoms with Crippen LogP contribution in [0.5, 0.6) is 23.0 Å². The fourth-order valence-corrected chi connectivity index (χ4v) is 9.84. The van der Waals surface area contributed by atoms with Crippen LogP contribution in [-0.4, -0.2) is 0 Å². The fourth-order valence-electron chi connectivity index (χ4n) is 9.84. The molecule has 2 aliphatic heterocycles. The maximum absolute atomic E-state index is 6.55. The quantitative estimate of drug-likeness (QED) is 0.179. The summed E-state index contributed by atoms with van der Waals surface area (Å²) in [6.45, 7) is 13.3. The van der Waals surface area contributed by atoms with Crippen molar-refractivity contribution in [2.75, 3.05) is 9.80 Å². The van der Waals surface area contributed by atoms with E-state index in [2.05, 4.69) is 184 Å². The maximum atomic E-state index is 6.55. The Morgan fingerprint density at radius 3 is 1.54 bits per heavy atom. The first-order valence-electron chi connectivity index (χ1n) is 20.3. The van der Waals surface area contributed by atoms with E-state index in [0.29, 0.717) is 0 Å². The number of hydrogen-bond donors (Lipinski definition) is 0. The highest BCUT2D eigenvalue weighted by Gasteiger charge is 2.51. The first kappa shape index (κ1) is 34.9. The van der Waals surface area contributed by atoms with Crippen LogP contribution < -0.4 is 19.3 Å². The lowest BCUT2D eigenvalue weighted by molar-refractivity contribution is 0.476. The zero-order valence-electron chi connectivity index (χ0n) is 33.6. The molecule has 7 aromatic carbocycles. The Bertz CT molecular complexity index is 2890. The number of hydrogen-bond acceptors (Lipinski definition) is 4. The van der Waals surface area contributed by atoms with E-state index in [1.807, 2.05) is 30.3 Å². The lowest BCUT2D eigenvalue weighted by atomic mass is 9.64. The molecule has 7 aromatic rings. The minimum atomic E-state index is -0.765. The van der Waals surface area contributed by atoms with E-state index in [0.717, 1.165) is 68.1 Å². The average Bonchev–Trinajstić information content (AvgIpc) is 3.50. The van der Waals surface area contributed by atoms with Crippen molar-refractivity contribution in [2.24, 2.45) is 0 Å². The van der Waals surface area contributed by atoms with Crippen LogP contribution in [0, 0.1) is 27.7 Å². The summed E-state index contributed by atoms with van der Waals surface area (Å²) in [5.41, 5.74) is 19.1. The smallest absolute Gasteiger partial charge is 0.151 e. The molecular weight excluding hydrogens is 721 g/mol. The standard InChI is InChI=1S/C55H42N2O2/c1-6-15-38-26-27-39-28-29-40(57-47-18-9-13-22-51(47)59-52-23-14-10-19-48(52)57)32-43(39)55(41-30-24-34(2)36(4)53(41)54-37(5)35(3)25-31-42(54)55)44(38)33-56-45-16-7-11-20-49(45)58-50-21-12-8-17-46(50)56/h6-33H,1H2,2-5H3/b38-15-,44-33+. The van der Waals surface area contributed by atoms with E-state index >= 15 is 0 Å². The van der Waals surface area contributed by atoms with Crippen LogP contribution >= 0.6 is 0 Å². The van der Waals surface area contributed by atoms with Gasteiger partial charge >= 0.3 is 0 Å². The number of aryl methyl sites for hydroxylation is 2. The van der Waals surface area contributed by atoms with Gasteiger partial charge in [0.05, 0.1) is 28.2 Å². The molecular formula is C55H42N2O2. The summed E-state index contributed by atoms with van der Waals surface area (Å²) in [6.07, 6.45) is 11.0. The molecule has 0 bridgehead atoms. The number of anilines is 5. The fraction of sp³-hybridized carbons (Fsp3) is 0.0909. The molecule has 0 radical (unpaired) electrons. The van der Waals surface area contributed by atoms with Crippen LogP contribution in [0.25, 0.3) is 17.2 Å². The number of benzene rings is 7. The Morgan fingerprint density at radius 1 is 0.525 bits per heavy atom. The van der Waals surface area contributed by atoms with Gasteiger partial charge in [-0.05, 0) is 155 Å². The summed E-state index contributed by atoms with van der Waals surface area (Å²) < 4.78 is 13.1. The van der Waals surface area contributed by atoms with E-state index < -0.39 is 5.41 Å². The molecule has 1 spiro atoms. The molecule has 0 N–H and O–H groups in total. The van der Waals surface area contributed by atoms with Gasteiger partial charge in [-0.3, -0.25) is 0 Å². The third-order valence-corrected chi connectivity index (χ3v) is 12.8. The molecule has 0 atom stereocenters. The van der Waals surface area contributed by atoms with E-state index in [-0.39, 0.29) is 0 Å². The lowest BCUT2D eigenvalue weighted by Crippen LogP contribution is -2.33. The molecule has 0 saturated heterocycles. The Labute approximate surface area is 345 Å². The number of allylic oxidation sites excluding steroid dienone is 5. The first-order chi connectivity index (χ1) is 28.9. The number of rotatable bonds is 3. The lowest BCUT2D eigenvalue weighted by Gasteiger charge is -2.40. The van der Waals surface area contributed by atoms with Crippen molar-refractivity contribution in [3.63, 3.8) is 0 Å². The zero-order chi connectivity index (χ0) is 40.0. The summed E-state index contributed by atoms with van der Waals surface area (Å²) in [5.74, 6) is 3.28. The van der Waals surface area contributed by atoms with Crippen molar-refractivity contribution in [3.05, 3.63) is 226 Å². The molecule has 0 saturated carbocycles. The van der Waals surface area contributed by atoms with Crippen LogP contribution in [0.15, 0.2) is 182 Å². The Kier molecular flexibility index (Phi) is 7.76. The zero-order valence-corrected chi connectivity index (χ0v) is 33.6. The van der Waals surface area contributed by atoms with Gasteiger partial charge in [0.15, 0.2) is 23.0 Å². The normalized spacial score (nSPS) is 16.2. The van der Waals surface area contributed by atoms with Crippen molar-refractivity contribution in [1.29, 1.82) is 0 Å². The molecule has 0 amide bonds. The predicted molar refractivity (Wildman–Crippen MR) is 242 cm³/mol. The molecule has 4 nitrogen and oxygen atoms in total. The Hall–Kier alpha value is -7.30. The van der Waals surface area contributed by atoms with Crippen molar-refractivity contribution in [2.45, 2.75) is 33.1 Å². The summed E-state index contributed by atoms with van der Waals surface area (Å²) in [5, 5.41) is 0. The highest BCUT2D eigenvalue weighted by atomic mass is 16.5. The number of fused-ring (bicyclic) bond motifs is 11. The van der Waals surface area contributed by atoms with Crippen molar-refractivity contribution >= 4 is 34.5 Å². The van der Waals surface area contributed by atoms with Gasteiger partial charge in [0.2, 0.25) is 0 Å². The second kappa shape index (κ2) is 13.1. The molecule has 0 fully saturated rings. The van der Waals surface area contributed by atoms with E-state index in [9.17, 15) is 0 Å². The predicted octanol–water partition coefficient (Wildman–Crippen LogP) is 14.8. The van der Waals surface area contributed by atoms with E-state index in [1.54, 1.807) is 0 Å². The maximum Gasteiger partial charge on any atom is 0.151 e. The number of para-hydroxylation sites is 8. The van der Waals surface area contributed by atoms with Gasteiger partial charge in [-0.25, -0.2) is 0 Å². The van der Waals surface area contributed by atoms with Gasteiger partial charge in [0.1, 0.15) is 0 Å². The average molecular weight is 763 g/mol. The molecule has 2 heterocycles. The van der Waals surface area contributed by atoms with Crippen molar-refractivity contribution in [1.82, 2.24) is 0 Å². The summed E-state index contributed by atoms with van der Waals surface area (Å²) in [4.78, 5) is 4.69. The molecule has 2 aliphatic carbocycles. The number of nitrogens with zero attached hydrogens (tertiary/aromatic N) is 2. The van der Waals surface area contributed by atoms with Gasteiger partial charge in [0, 0.05) is 11.9 Å². The second-order valence-electron chi connectivity index (χ2n) is 15.9. The van der Waals surface area contributed by atoms with E-state index in [4.69, 9.17) is 9.47 Å². The van der Waals surface area contributed by atoms with Crippen molar-refractivity contribution in [3.8, 4) is 34.1 Å². The van der Waals surface area contributed by atoms with Crippen molar-refractivity contribution < 1.29 is 9.47 Å². The number of ether oxygens (including phenoxy) is 2. The minimum absolute atomic E-state index is 0.765. The summed E-state index contributed by atoms with van der Waals surface area (Å²) in [6, 6.07) is 49.7. The first-order valence-corrected chi connectivity index (χ1v) is 20.3. The highest BCUT2D eigenvalue weighted by molar-refractivity contribution is 5.95. The molecule has 4 heteroatoms. The third kappa shape index (κ3) is 4.96. The van der Waals surface area contributed by atoms with Crippen LogP contribution in [-0.2, 0) is 5.41 Å². The Balaban J connectivity index is 1.30. The van der Waals surface area contributed by atoms with Gasteiger partial charge in [-0.2, -0.15) is 0 Å². The van der Waals surface area contributed by atoms with Crippen LogP contribution in [0.2, 0.25) is 0 Å². The van der Waals surface area contributed by atoms with Crippen LogP contribution in [0.1, 0.15) is 44.5 Å². The van der Waals surface area contributed by atoms with E-state index in [1.165, 1.54) is 50.1 Å². The third-order valence-electron chi connectivity index (χ3n) is 12.8. The Morgan fingerprint density at radius 2 is 1.02 bits per heavy atom. The van der Waals surface area contributed by atoms with Crippen LogP contribution in [0.4, 0.5) is 28.4 Å². The van der Waals surface area contributed by atoms with Gasteiger partial charge in [0.25, 0.3) is 0 Å². The van der Waals surface area contributed by atoms with Gasteiger partial charge in [-0.1, -0.05) is 110 Å². The molecule has 59 heavy (non-hydrogen) atoms. The molecule has 11 rings (SSSR count). The summed E-state index contributed by atoms with van der Waals surface area (Å²) in [7, 11) is 0. The molecule has 0 aromatic heterocycles. The molecule has 0 unspecified atom stereocenters. The summed E-state index contributed by atoms with van der Waals surface area (Å²) >= 11 is 0. The molecule has 4 aliphatic rings. The topological polar surface area (TPSA) is 24.9 Å². The SMILES string of the molecule is C=C/C=C1/C=Cc2ccc(N3c4ccccc4Oc4ccccc43)cc2C2(/C1=C/N1c3ccccc3Oc3ccccc31)c1ccc(C)c(C)c1-c1c2ccc(C)c1C. The monoisotopic (exact) mass is 762 g/mol. The second-order valence-corrected chi connectivity index (χ2v) is 15.9. The van der Waals surface area contributed by atoms with Crippen LogP contribution in [0.3, 0.4) is 0 Å². The minimum Gasteiger partial charge on any atom is -0.453 e. The highest BCUT2D eigenvalue weighted by Crippen LogP contribution is 2.63. The molecule has 284 valence electrons. The largest absolute Gasteiger partial charge is 0.453 e. The van der Waals surface area contributed by atoms with Gasteiger partial charge < -0.3 is 19.3 Å².